The molecule has 29 heavy (non-hydrogen) atoms. The van der Waals surface area contributed by atoms with Gasteiger partial charge < -0.3 is 14.8 Å². The van der Waals surface area contributed by atoms with Crippen molar-refractivity contribution in [1.29, 1.82) is 0 Å². The van der Waals surface area contributed by atoms with Gasteiger partial charge in [0, 0.05) is 18.7 Å². The summed E-state index contributed by atoms with van der Waals surface area (Å²) in [5.74, 6) is 0.382. The Kier molecular flexibility index (Phi) is 8.04. The largest absolute Gasteiger partial charge is 0.493 e. The van der Waals surface area contributed by atoms with Gasteiger partial charge >= 0.3 is 0 Å². The minimum Gasteiger partial charge on any atom is -0.493 e. The number of methoxy groups -OCH3 is 2. The van der Waals surface area contributed by atoms with Gasteiger partial charge in [-0.05, 0) is 31.0 Å². The zero-order valence-electron chi connectivity index (χ0n) is 17.2. The van der Waals surface area contributed by atoms with Gasteiger partial charge in [-0.2, -0.15) is 4.31 Å². The van der Waals surface area contributed by atoms with E-state index in [4.69, 9.17) is 9.47 Å². The number of benzene rings is 2. The van der Waals surface area contributed by atoms with Gasteiger partial charge in [-0.25, -0.2) is 8.42 Å². The number of carbonyl (C=O) groups is 1. The molecule has 0 aromatic heterocycles. The number of nitrogens with one attached hydrogen (secondary N) is 1. The smallest absolute Gasteiger partial charge is 0.243 e. The van der Waals surface area contributed by atoms with Gasteiger partial charge in [0.1, 0.15) is 0 Å². The molecule has 0 bridgehead atoms. The van der Waals surface area contributed by atoms with E-state index in [1.807, 2.05) is 44.2 Å². The van der Waals surface area contributed by atoms with Crippen LogP contribution in [0.4, 0.5) is 0 Å². The maximum Gasteiger partial charge on any atom is 0.243 e. The fourth-order valence-corrected chi connectivity index (χ4v) is 4.12. The van der Waals surface area contributed by atoms with E-state index in [9.17, 15) is 13.2 Å². The van der Waals surface area contributed by atoms with Crippen LogP contribution < -0.4 is 14.8 Å². The van der Waals surface area contributed by atoms with E-state index in [1.165, 1.54) is 36.7 Å². The average Bonchev–Trinajstić information content (AvgIpc) is 2.73. The molecule has 0 aliphatic rings. The number of rotatable bonds is 10. The molecule has 0 heterocycles. The maximum atomic E-state index is 13.3. The molecule has 8 heteroatoms. The lowest BCUT2D eigenvalue weighted by Gasteiger charge is -2.23. The van der Waals surface area contributed by atoms with Gasteiger partial charge in [-0.15, -0.1) is 0 Å². The van der Waals surface area contributed by atoms with Gasteiger partial charge in [0.15, 0.2) is 11.5 Å². The summed E-state index contributed by atoms with van der Waals surface area (Å²) >= 11 is 0. The van der Waals surface area contributed by atoms with Crippen molar-refractivity contribution < 1.29 is 22.7 Å². The summed E-state index contributed by atoms with van der Waals surface area (Å²) in [7, 11) is -1.04. The van der Waals surface area contributed by atoms with Crippen LogP contribution in [0.25, 0.3) is 0 Å². The highest BCUT2D eigenvalue weighted by Gasteiger charge is 2.28. The molecule has 2 aromatic carbocycles. The fourth-order valence-electron chi connectivity index (χ4n) is 2.72. The first-order chi connectivity index (χ1) is 13.8. The van der Waals surface area contributed by atoms with Crippen LogP contribution in [0.3, 0.4) is 0 Å². The molecule has 1 atom stereocenters. The molecule has 1 N–H and O–H groups in total. The summed E-state index contributed by atoms with van der Waals surface area (Å²) in [5.41, 5.74) is 0.785. The molecule has 0 saturated heterocycles. The molecule has 1 amide bonds. The monoisotopic (exact) mass is 420 g/mol. The van der Waals surface area contributed by atoms with Crippen LogP contribution in [0, 0.1) is 0 Å². The molecular formula is C21H28N2O5S. The summed E-state index contributed by atoms with van der Waals surface area (Å²) in [6, 6.07) is 13.5. The zero-order valence-corrected chi connectivity index (χ0v) is 18.0. The van der Waals surface area contributed by atoms with Crippen LogP contribution in [0.5, 0.6) is 11.5 Å². The van der Waals surface area contributed by atoms with Crippen LogP contribution in [-0.2, 0) is 21.4 Å². The van der Waals surface area contributed by atoms with Gasteiger partial charge in [0.2, 0.25) is 15.9 Å². The number of ether oxygens (including phenoxy) is 2. The lowest BCUT2D eigenvalue weighted by atomic mass is 10.2. The Labute approximate surface area is 172 Å². The van der Waals surface area contributed by atoms with E-state index in [0.29, 0.717) is 11.5 Å². The molecule has 0 aliphatic carbocycles. The standard InChI is InChI=1S/C21H28N2O5S/c1-5-16(2)22-21(24)15-23(14-17-9-7-6-8-10-17)29(25,26)18-11-12-19(27-3)20(13-18)28-4/h6-13,16H,5,14-15H2,1-4H3,(H,22,24)/t16-/m1/s1. The number of sulfonamides is 1. The van der Waals surface area contributed by atoms with Crippen molar-refractivity contribution in [1.82, 2.24) is 9.62 Å². The van der Waals surface area contributed by atoms with Crippen molar-refractivity contribution >= 4 is 15.9 Å². The third-order valence-corrected chi connectivity index (χ3v) is 6.32. The molecule has 0 spiro atoms. The molecule has 0 unspecified atom stereocenters. The van der Waals surface area contributed by atoms with Gasteiger partial charge in [0.05, 0.1) is 25.7 Å². The molecular weight excluding hydrogens is 392 g/mol. The van der Waals surface area contributed by atoms with Crippen molar-refractivity contribution in [2.75, 3.05) is 20.8 Å². The lowest BCUT2D eigenvalue weighted by molar-refractivity contribution is -0.122. The topological polar surface area (TPSA) is 84.9 Å². The van der Waals surface area contributed by atoms with E-state index in [2.05, 4.69) is 5.32 Å². The maximum absolute atomic E-state index is 13.3. The second kappa shape index (κ2) is 10.3. The second-order valence-electron chi connectivity index (χ2n) is 6.65. The number of hydrogen-bond acceptors (Lipinski definition) is 5. The van der Waals surface area contributed by atoms with Crippen molar-refractivity contribution in [3.05, 3.63) is 54.1 Å². The van der Waals surface area contributed by atoms with Crippen molar-refractivity contribution in [2.45, 2.75) is 37.8 Å². The third-order valence-electron chi connectivity index (χ3n) is 4.53. The van der Waals surface area contributed by atoms with E-state index in [-0.39, 0.29) is 29.9 Å². The minimum atomic E-state index is -3.96. The Bertz CT molecular complexity index is 916. The van der Waals surface area contributed by atoms with Gasteiger partial charge in [-0.3, -0.25) is 4.79 Å². The summed E-state index contributed by atoms with van der Waals surface area (Å²) in [5, 5.41) is 2.82. The first kappa shape index (κ1) is 22.7. The van der Waals surface area contributed by atoms with Crippen LogP contribution >= 0.6 is 0 Å². The average molecular weight is 421 g/mol. The molecule has 7 nitrogen and oxygen atoms in total. The van der Waals surface area contributed by atoms with Crippen LogP contribution in [0.1, 0.15) is 25.8 Å². The molecule has 0 aliphatic heterocycles. The first-order valence-corrected chi connectivity index (χ1v) is 10.8. The second-order valence-corrected chi connectivity index (χ2v) is 8.59. The first-order valence-electron chi connectivity index (χ1n) is 9.37. The quantitative estimate of drug-likeness (QED) is 0.639. The van der Waals surface area contributed by atoms with Crippen LogP contribution in [0.2, 0.25) is 0 Å². The van der Waals surface area contributed by atoms with E-state index < -0.39 is 10.0 Å². The third kappa shape index (κ3) is 5.95. The molecule has 158 valence electrons. The van der Waals surface area contributed by atoms with Gasteiger partial charge in [-0.1, -0.05) is 37.3 Å². The highest BCUT2D eigenvalue weighted by Crippen LogP contribution is 2.31. The Morgan fingerprint density at radius 1 is 1.07 bits per heavy atom. The Hall–Kier alpha value is -2.58. The lowest BCUT2D eigenvalue weighted by Crippen LogP contribution is -2.43. The SMILES string of the molecule is CC[C@@H](C)NC(=O)CN(Cc1ccccc1)S(=O)(=O)c1ccc(OC)c(OC)c1. The predicted octanol–water partition coefficient (Wildman–Crippen LogP) is 2.81. The van der Waals surface area contributed by atoms with Crippen LogP contribution in [-0.4, -0.2) is 45.4 Å². The summed E-state index contributed by atoms with van der Waals surface area (Å²) in [4.78, 5) is 12.5. The summed E-state index contributed by atoms with van der Waals surface area (Å²) in [6.07, 6.45) is 0.757. The predicted molar refractivity (Wildman–Crippen MR) is 111 cm³/mol. The van der Waals surface area contributed by atoms with E-state index in [0.717, 1.165) is 12.0 Å². The van der Waals surface area contributed by atoms with Crippen molar-refractivity contribution in [2.24, 2.45) is 0 Å². The number of hydrogen-bond donors (Lipinski definition) is 1. The van der Waals surface area contributed by atoms with E-state index in [1.54, 1.807) is 0 Å². The molecule has 0 saturated carbocycles. The fraction of sp³-hybridized carbons (Fsp3) is 0.381. The minimum absolute atomic E-state index is 0.0300. The summed E-state index contributed by atoms with van der Waals surface area (Å²) < 4.78 is 38.3. The Morgan fingerprint density at radius 2 is 1.72 bits per heavy atom. The van der Waals surface area contributed by atoms with Crippen molar-refractivity contribution in [3.8, 4) is 11.5 Å². The Morgan fingerprint density at radius 3 is 2.31 bits per heavy atom. The molecule has 0 radical (unpaired) electrons. The summed E-state index contributed by atoms with van der Waals surface area (Å²) in [6.45, 7) is 3.62. The number of nitrogens with zero attached hydrogens (tertiary/aromatic N) is 1. The highest BCUT2D eigenvalue weighted by molar-refractivity contribution is 7.89. The van der Waals surface area contributed by atoms with Crippen LogP contribution in [0.15, 0.2) is 53.4 Å². The Balaban J connectivity index is 2.38. The highest BCUT2D eigenvalue weighted by atomic mass is 32.2. The normalized spacial score (nSPS) is 12.4. The van der Waals surface area contributed by atoms with Gasteiger partial charge in [0.25, 0.3) is 0 Å². The number of amides is 1. The molecule has 2 aromatic rings. The molecule has 2 rings (SSSR count). The zero-order chi connectivity index (χ0) is 21.4. The molecule has 0 fully saturated rings. The number of carbonyl (C=O) groups excluding carboxylic acids is 1. The van der Waals surface area contributed by atoms with E-state index >= 15 is 0 Å². The van der Waals surface area contributed by atoms with Crippen molar-refractivity contribution in [3.63, 3.8) is 0 Å².